The normalized spacial score (nSPS) is 20.8. The van der Waals surface area contributed by atoms with Crippen LogP contribution in [-0.4, -0.2) is 60.8 Å². The first-order valence-electron chi connectivity index (χ1n) is 10.9. The zero-order valence-corrected chi connectivity index (χ0v) is 21.1. The molecule has 168 valence electrons. The summed E-state index contributed by atoms with van der Waals surface area (Å²) in [7, 11) is 0. The number of likely N-dealkylation sites (tertiary alicyclic amines) is 1. The SMILES string of the molecule is CCNC(=NCC1(Sc2ccccc2)CC1)NCCCN1CCCC(C(N)=O)C1.I. The molecule has 1 aliphatic heterocycles. The van der Waals surface area contributed by atoms with E-state index in [0.717, 1.165) is 64.5 Å². The smallest absolute Gasteiger partial charge is 0.221 e. The Kier molecular flexibility index (Phi) is 10.7. The molecule has 6 nitrogen and oxygen atoms in total. The summed E-state index contributed by atoms with van der Waals surface area (Å²) in [6.45, 7) is 7.54. The minimum absolute atomic E-state index is 0. The monoisotopic (exact) mass is 545 g/mol. The van der Waals surface area contributed by atoms with Gasteiger partial charge in [-0.15, -0.1) is 35.7 Å². The quantitative estimate of drug-likeness (QED) is 0.182. The van der Waals surface area contributed by atoms with Gasteiger partial charge in [0.25, 0.3) is 0 Å². The molecule has 3 rings (SSSR count). The number of guanidine groups is 1. The van der Waals surface area contributed by atoms with Crippen LogP contribution in [0.4, 0.5) is 0 Å². The molecule has 1 heterocycles. The fourth-order valence-corrected chi connectivity index (χ4v) is 4.96. The predicted octanol–water partition coefficient (Wildman–Crippen LogP) is 3.07. The summed E-state index contributed by atoms with van der Waals surface area (Å²) in [6, 6.07) is 10.6. The lowest BCUT2D eigenvalue weighted by molar-refractivity contribution is -0.123. The van der Waals surface area contributed by atoms with E-state index in [4.69, 9.17) is 10.7 Å². The molecule has 1 saturated heterocycles. The van der Waals surface area contributed by atoms with E-state index in [1.807, 2.05) is 11.8 Å². The third-order valence-electron chi connectivity index (χ3n) is 5.61. The second-order valence-corrected chi connectivity index (χ2v) is 9.66. The Balaban J connectivity index is 0.00000320. The number of hydrogen-bond donors (Lipinski definition) is 3. The van der Waals surface area contributed by atoms with Gasteiger partial charge in [0.05, 0.1) is 12.5 Å². The van der Waals surface area contributed by atoms with Gasteiger partial charge in [0.2, 0.25) is 5.91 Å². The van der Waals surface area contributed by atoms with Gasteiger partial charge in [-0.05, 0) is 64.3 Å². The first-order chi connectivity index (χ1) is 14.1. The summed E-state index contributed by atoms with van der Waals surface area (Å²) in [5, 5.41) is 6.83. The van der Waals surface area contributed by atoms with Gasteiger partial charge < -0.3 is 21.3 Å². The van der Waals surface area contributed by atoms with E-state index < -0.39 is 0 Å². The van der Waals surface area contributed by atoms with Crippen LogP contribution in [0.15, 0.2) is 40.2 Å². The molecule has 0 aromatic heterocycles. The fraction of sp³-hybridized carbons (Fsp3) is 0.636. The van der Waals surface area contributed by atoms with Crippen molar-refractivity contribution in [2.75, 3.05) is 39.3 Å². The number of halogens is 1. The average molecular weight is 546 g/mol. The molecule has 1 saturated carbocycles. The highest BCUT2D eigenvalue weighted by Gasteiger charge is 2.43. The average Bonchev–Trinajstić information content (AvgIpc) is 3.49. The third kappa shape index (κ3) is 8.26. The van der Waals surface area contributed by atoms with E-state index in [2.05, 4.69) is 52.8 Å². The van der Waals surface area contributed by atoms with Crippen LogP contribution < -0.4 is 16.4 Å². The number of nitrogens with one attached hydrogen (secondary N) is 2. The Labute approximate surface area is 202 Å². The largest absolute Gasteiger partial charge is 0.369 e. The lowest BCUT2D eigenvalue weighted by atomic mass is 9.97. The Morgan fingerprint density at radius 2 is 2.07 bits per heavy atom. The highest BCUT2D eigenvalue weighted by atomic mass is 127. The molecule has 2 aliphatic rings. The Bertz CT molecular complexity index is 683. The second-order valence-electron chi connectivity index (χ2n) is 8.12. The zero-order chi connectivity index (χ0) is 20.5. The Hall–Kier alpha value is -1.00. The van der Waals surface area contributed by atoms with Crippen molar-refractivity contribution in [3.8, 4) is 0 Å². The van der Waals surface area contributed by atoms with Crippen LogP contribution in [0.25, 0.3) is 0 Å². The van der Waals surface area contributed by atoms with Crippen LogP contribution in [0.5, 0.6) is 0 Å². The minimum atomic E-state index is -0.156. The molecule has 1 aromatic rings. The van der Waals surface area contributed by atoms with Crippen LogP contribution in [0.2, 0.25) is 0 Å². The van der Waals surface area contributed by atoms with Gasteiger partial charge in [-0.2, -0.15) is 0 Å². The number of rotatable bonds is 10. The molecule has 2 fully saturated rings. The number of aliphatic imine (C=N–C) groups is 1. The van der Waals surface area contributed by atoms with Gasteiger partial charge >= 0.3 is 0 Å². The van der Waals surface area contributed by atoms with Crippen molar-refractivity contribution in [2.45, 2.75) is 48.7 Å². The molecule has 1 aromatic carbocycles. The summed E-state index contributed by atoms with van der Waals surface area (Å²) in [4.78, 5) is 20.0. The summed E-state index contributed by atoms with van der Waals surface area (Å²) in [6.07, 6.45) is 5.48. The predicted molar refractivity (Wildman–Crippen MR) is 137 cm³/mol. The molecule has 1 amide bonds. The summed E-state index contributed by atoms with van der Waals surface area (Å²) in [5.41, 5.74) is 5.48. The minimum Gasteiger partial charge on any atom is -0.369 e. The van der Waals surface area contributed by atoms with E-state index in [-0.39, 0.29) is 40.5 Å². The highest BCUT2D eigenvalue weighted by Crippen LogP contribution is 2.51. The standard InChI is InChI=1S/C22H35N5OS.HI/c1-2-24-21(25-13-7-15-27-14-6-8-18(16-27)20(23)28)26-17-22(11-12-22)29-19-9-4-3-5-10-19;/h3-5,9-10,18H,2,6-8,11-17H2,1H3,(H2,23,28)(H2,24,25,26);1H. The molecule has 4 N–H and O–H groups in total. The molecule has 1 aliphatic carbocycles. The lowest BCUT2D eigenvalue weighted by Gasteiger charge is -2.31. The number of primary amides is 1. The molecule has 0 spiro atoms. The molecule has 30 heavy (non-hydrogen) atoms. The summed E-state index contributed by atoms with van der Waals surface area (Å²) in [5.74, 6) is 0.769. The van der Waals surface area contributed by atoms with Gasteiger partial charge in [0, 0.05) is 29.3 Å². The third-order valence-corrected chi connectivity index (χ3v) is 7.08. The van der Waals surface area contributed by atoms with Crippen molar-refractivity contribution in [1.29, 1.82) is 0 Å². The molecule has 1 atom stereocenters. The number of piperidine rings is 1. The molecule has 1 unspecified atom stereocenters. The fourth-order valence-electron chi connectivity index (χ4n) is 3.74. The molecular weight excluding hydrogens is 509 g/mol. The maximum absolute atomic E-state index is 11.4. The van der Waals surface area contributed by atoms with E-state index in [1.165, 1.54) is 17.7 Å². The number of hydrogen-bond acceptors (Lipinski definition) is 4. The van der Waals surface area contributed by atoms with Gasteiger partial charge in [0.1, 0.15) is 0 Å². The van der Waals surface area contributed by atoms with E-state index in [0.29, 0.717) is 0 Å². The van der Waals surface area contributed by atoms with Gasteiger partial charge in [-0.3, -0.25) is 9.79 Å². The van der Waals surface area contributed by atoms with Gasteiger partial charge in [0.15, 0.2) is 5.96 Å². The first kappa shape index (κ1) is 25.3. The van der Waals surface area contributed by atoms with E-state index >= 15 is 0 Å². The summed E-state index contributed by atoms with van der Waals surface area (Å²) < 4.78 is 0.265. The van der Waals surface area contributed by atoms with Gasteiger partial charge in [-0.25, -0.2) is 0 Å². The van der Waals surface area contributed by atoms with Crippen LogP contribution >= 0.6 is 35.7 Å². The van der Waals surface area contributed by atoms with E-state index in [1.54, 1.807) is 0 Å². The number of thioether (sulfide) groups is 1. The maximum Gasteiger partial charge on any atom is 0.221 e. The second kappa shape index (κ2) is 12.8. The number of nitrogens with two attached hydrogens (primary N) is 1. The van der Waals surface area contributed by atoms with Crippen molar-refractivity contribution in [1.82, 2.24) is 15.5 Å². The highest BCUT2D eigenvalue weighted by molar-refractivity contribution is 14.0. The van der Waals surface area contributed by atoms with Crippen molar-refractivity contribution in [3.05, 3.63) is 30.3 Å². The number of nitrogens with zero attached hydrogens (tertiary/aromatic N) is 2. The molecule has 8 heteroatoms. The van der Waals surface area contributed by atoms with Gasteiger partial charge in [-0.1, -0.05) is 18.2 Å². The zero-order valence-electron chi connectivity index (χ0n) is 17.9. The van der Waals surface area contributed by atoms with E-state index in [9.17, 15) is 4.79 Å². The maximum atomic E-state index is 11.4. The number of carbonyl (C=O) groups is 1. The van der Waals surface area contributed by atoms with Crippen LogP contribution in [0.1, 0.15) is 39.0 Å². The van der Waals surface area contributed by atoms with Crippen LogP contribution in [0.3, 0.4) is 0 Å². The number of amides is 1. The van der Waals surface area contributed by atoms with Crippen LogP contribution in [-0.2, 0) is 4.79 Å². The topological polar surface area (TPSA) is 82.8 Å². The summed E-state index contributed by atoms with van der Waals surface area (Å²) >= 11 is 1.96. The number of benzene rings is 1. The Morgan fingerprint density at radius 1 is 1.30 bits per heavy atom. The molecular formula is C22H36IN5OS. The van der Waals surface area contributed by atoms with Crippen molar-refractivity contribution >= 4 is 47.6 Å². The lowest BCUT2D eigenvalue weighted by Crippen LogP contribution is -2.43. The van der Waals surface area contributed by atoms with Crippen molar-refractivity contribution < 1.29 is 4.79 Å². The van der Waals surface area contributed by atoms with Crippen molar-refractivity contribution in [3.63, 3.8) is 0 Å². The van der Waals surface area contributed by atoms with Crippen molar-refractivity contribution in [2.24, 2.45) is 16.6 Å². The Morgan fingerprint density at radius 3 is 2.73 bits per heavy atom. The molecule has 0 radical (unpaired) electrons. The van der Waals surface area contributed by atoms with Crippen LogP contribution in [0, 0.1) is 5.92 Å². The first-order valence-corrected chi connectivity index (χ1v) is 11.7. The molecule has 0 bridgehead atoms. The number of carbonyl (C=O) groups excluding carboxylic acids is 1.